The smallest absolute Gasteiger partial charge is 0.276 e. The number of methoxy groups -OCH3 is 1. The van der Waals surface area contributed by atoms with Crippen LogP contribution in [0.1, 0.15) is 18.1 Å². The summed E-state index contributed by atoms with van der Waals surface area (Å²) in [6.45, 7) is 1.87. The second-order valence-corrected chi connectivity index (χ2v) is 6.29. The van der Waals surface area contributed by atoms with Crippen LogP contribution in [0, 0.1) is 0 Å². The van der Waals surface area contributed by atoms with E-state index in [4.69, 9.17) is 21.7 Å². The van der Waals surface area contributed by atoms with Gasteiger partial charge in [0.2, 0.25) is 5.91 Å². The highest BCUT2D eigenvalue weighted by Gasteiger charge is 2.05. The third-order valence-corrected chi connectivity index (χ3v) is 4.00. The van der Waals surface area contributed by atoms with Gasteiger partial charge in [-0.3, -0.25) is 25.8 Å². The minimum atomic E-state index is -0.435. The molecule has 0 saturated carbocycles. The third-order valence-electron chi connectivity index (χ3n) is 3.80. The van der Waals surface area contributed by atoms with Gasteiger partial charge in [-0.15, -0.1) is 0 Å². The van der Waals surface area contributed by atoms with Crippen LogP contribution in [-0.4, -0.2) is 30.6 Å². The zero-order valence-corrected chi connectivity index (χ0v) is 17.0. The average Bonchev–Trinajstić information content (AvgIpc) is 2.75. The molecule has 2 aromatic rings. The molecule has 0 aliphatic carbocycles. The lowest BCUT2D eigenvalue weighted by Crippen LogP contribution is -2.49. The summed E-state index contributed by atoms with van der Waals surface area (Å²) in [7, 11) is 1.58. The molecule has 0 aliphatic rings. The first-order chi connectivity index (χ1) is 14.0. The van der Waals surface area contributed by atoms with E-state index in [2.05, 4.69) is 23.1 Å². The average molecular weight is 413 g/mol. The van der Waals surface area contributed by atoms with Crippen LogP contribution in [0.5, 0.6) is 11.5 Å². The topological polar surface area (TPSA) is 88.7 Å². The SMILES string of the molecule is CCc1ccc(OCC(=O)NNC(=S)NC(=O)/C=C/c2ccc(OC)cc2)cc1. The van der Waals surface area contributed by atoms with E-state index in [1.807, 2.05) is 24.3 Å². The molecule has 2 amide bonds. The predicted molar refractivity (Wildman–Crippen MR) is 115 cm³/mol. The number of hydrazine groups is 1. The quantitative estimate of drug-likeness (QED) is 0.367. The van der Waals surface area contributed by atoms with E-state index < -0.39 is 11.8 Å². The molecule has 2 rings (SSSR count). The van der Waals surface area contributed by atoms with Crippen molar-refractivity contribution in [3.05, 3.63) is 65.7 Å². The fourth-order valence-corrected chi connectivity index (χ4v) is 2.36. The van der Waals surface area contributed by atoms with E-state index in [0.29, 0.717) is 5.75 Å². The van der Waals surface area contributed by atoms with Crippen molar-refractivity contribution < 1.29 is 19.1 Å². The Balaban J connectivity index is 1.68. The van der Waals surface area contributed by atoms with Gasteiger partial charge in [0, 0.05) is 6.08 Å². The summed E-state index contributed by atoms with van der Waals surface area (Å²) in [6.07, 6.45) is 3.90. The highest BCUT2D eigenvalue weighted by atomic mass is 32.1. The summed E-state index contributed by atoms with van der Waals surface area (Å²) in [4.78, 5) is 23.7. The lowest BCUT2D eigenvalue weighted by atomic mass is 10.2. The summed E-state index contributed by atoms with van der Waals surface area (Å²) < 4.78 is 10.5. The van der Waals surface area contributed by atoms with Gasteiger partial charge in [0.1, 0.15) is 11.5 Å². The molecular weight excluding hydrogens is 390 g/mol. The number of benzene rings is 2. The second-order valence-electron chi connectivity index (χ2n) is 5.88. The van der Waals surface area contributed by atoms with Crippen molar-refractivity contribution in [1.82, 2.24) is 16.2 Å². The van der Waals surface area contributed by atoms with Crippen molar-refractivity contribution in [3.8, 4) is 11.5 Å². The molecule has 0 radical (unpaired) electrons. The number of nitrogens with one attached hydrogen (secondary N) is 3. The van der Waals surface area contributed by atoms with Gasteiger partial charge in [-0.25, -0.2) is 0 Å². The number of rotatable bonds is 7. The van der Waals surface area contributed by atoms with E-state index in [1.165, 1.54) is 11.6 Å². The van der Waals surface area contributed by atoms with Gasteiger partial charge >= 0.3 is 0 Å². The maximum absolute atomic E-state index is 11.9. The maximum atomic E-state index is 11.9. The number of carbonyl (C=O) groups excluding carboxylic acids is 2. The molecular formula is C21H23N3O4S. The molecule has 0 atom stereocenters. The molecule has 2 aromatic carbocycles. The van der Waals surface area contributed by atoms with Crippen LogP contribution in [-0.2, 0) is 16.0 Å². The molecule has 152 valence electrons. The van der Waals surface area contributed by atoms with E-state index >= 15 is 0 Å². The molecule has 0 bridgehead atoms. The van der Waals surface area contributed by atoms with Crippen molar-refractivity contribution >= 4 is 35.2 Å². The Kier molecular flexibility index (Phi) is 8.65. The first-order valence-electron chi connectivity index (χ1n) is 8.94. The predicted octanol–water partition coefficient (Wildman–Crippen LogP) is 2.37. The fraction of sp³-hybridized carbons (Fsp3) is 0.190. The maximum Gasteiger partial charge on any atom is 0.276 e. The van der Waals surface area contributed by atoms with Crippen molar-refractivity contribution in [2.24, 2.45) is 0 Å². The van der Waals surface area contributed by atoms with E-state index in [9.17, 15) is 9.59 Å². The van der Waals surface area contributed by atoms with Gasteiger partial charge in [-0.1, -0.05) is 31.2 Å². The van der Waals surface area contributed by atoms with Gasteiger partial charge in [-0.2, -0.15) is 0 Å². The molecule has 0 fully saturated rings. The first kappa shape index (κ1) is 21.9. The van der Waals surface area contributed by atoms with E-state index in [-0.39, 0.29) is 11.7 Å². The largest absolute Gasteiger partial charge is 0.497 e. The molecule has 7 nitrogen and oxygen atoms in total. The first-order valence-corrected chi connectivity index (χ1v) is 9.34. The minimum Gasteiger partial charge on any atom is -0.497 e. The van der Waals surface area contributed by atoms with Gasteiger partial charge in [-0.05, 0) is 60.1 Å². The molecule has 0 spiro atoms. The molecule has 0 heterocycles. The monoisotopic (exact) mass is 413 g/mol. The van der Waals surface area contributed by atoms with Crippen LogP contribution in [0.3, 0.4) is 0 Å². The molecule has 3 N–H and O–H groups in total. The van der Waals surface area contributed by atoms with Crippen LogP contribution >= 0.6 is 12.2 Å². The summed E-state index contributed by atoms with van der Waals surface area (Å²) in [5, 5.41) is 2.40. The summed E-state index contributed by atoms with van der Waals surface area (Å²) in [5.74, 6) is 0.460. The Bertz CT molecular complexity index is 864. The lowest BCUT2D eigenvalue weighted by Gasteiger charge is -2.10. The standard InChI is InChI=1S/C21H23N3O4S/c1-3-15-4-11-18(12-5-15)28-14-20(26)23-24-21(29)22-19(25)13-8-16-6-9-17(27-2)10-7-16/h4-13H,3,14H2,1-2H3,(H,23,26)(H2,22,24,25,29)/b13-8+. The number of amides is 2. The number of carbonyl (C=O) groups is 2. The van der Waals surface area contributed by atoms with Crippen LogP contribution in [0.15, 0.2) is 54.6 Å². The molecule has 0 aliphatic heterocycles. The molecule has 29 heavy (non-hydrogen) atoms. The second kappa shape index (κ2) is 11.5. The van der Waals surface area contributed by atoms with Crippen molar-refractivity contribution in [2.45, 2.75) is 13.3 Å². The summed E-state index contributed by atoms with van der Waals surface area (Å²) >= 11 is 4.97. The third kappa shape index (κ3) is 8.02. The molecule has 0 aromatic heterocycles. The minimum absolute atomic E-state index is 0.0324. The van der Waals surface area contributed by atoms with Crippen molar-refractivity contribution in [3.63, 3.8) is 0 Å². The highest BCUT2D eigenvalue weighted by molar-refractivity contribution is 7.80. The Hall–Kier alpha value is -3.39. The van der Waals surface area contributed by atoms with Crippen LogP contribution in [0.25, 0.3) is 6.08 Å². The Morgan fingerprint density at radius 3 is 2.28 bits per heavy atom. The molecule has 0 saturated heterocycles. The van der Waals surface area contributed by atoms with Crippen LogP contribution in [0.2, 0.25) is 0 Å². The normalized spacial score (nSPS) is 10.3. The van der Waals surface area contributed by atoms with Crippen molar-refractivity contribution in [2.75, 3.05) is 13.7 Å². The fourth-order valence-electron chi connectivity index (χ4n) is 2.20. The number of aryl methyl sites for hydroxylation is 1. The van der Waals surface area contributed by atoms with E-state index in [1.54, 1.807) is 37.5 Å². The Labute approximate surface area is 175 Å². The van der Waals surface area contributed by atoms with Crippen LogP contribution in [0.4, 0.5) is 0 Å². The summed E-state index contributed by atoms with van der Waals surface area (Å²) in [6, 6.07) is 14.7. The van der Waals surface area contributed by atoms with Gasteiger partial charge in [0.05, 0.1) is 7.11 Å². The van der Waals surface area contributed by atoms with Crippen LogP contribution < -0.4 is 25.6 Å². The zero-order valence-electron chi connectivity index (χ0n) is 16.2. The lowest BCUT2D eigenvalue weighted by molar-refractivity contribution is -0.123. The summed E-state index contributed by atoms with van der Waals surface area (Å²) in [5.41, 5.74) is 6.83. The zero-order chi connectivity index (χ0) is 21.1. The van der Waals surface area contributed by atoms with E-state index in [0.717, 1.165) is 17.7 Å². The number of ether oxygens (including phenoxy) is 2. The Morgan fingerprint density at radius 2 is 1.66 bits per heavy atom. The van der Waals surface area contributed by atoms with Gasteiger partial charge in [0.25, 0.3) is 5.91 Å². The number of thiocarbonyl (C=S) groups is 1. The Morgan fingerprint density at radius 1 is 1.00 bits per heavy atom. The van der Waals surface area contributed by atoms with Gasteiger partial charge < -0.3 is 9.47 Å². The molecule has 0 unspecified atom stereocenters. The highest BCUT2D eigenvalue weighted by Crippen LogP contribution is 2.13. The van der Waals surface area contributed by atoms with Crippen molar-refractivity contribution in [1.29, 1.82) is 0 Å². The number of hydrogen-bond acceptors (Lipinski definition) is 5. The van der Waals surface area contributed by atoms with Gasteiger partial charge in [0.15, 0.2) is 11.7 Å². The molecule has 8 heteroatoms. The number of hydrogen-bond donors (Lipinski definition) is 3.